The zero-order chi connectivity index (χ0) is 64.3. The van der Waals surface area contributed by atoms with Crippen molar-refractivity contribution in [3.05, 3.63) is 11.6 Å². The molecule has 0 radical (unpaired) electrons. The second-order valence-electron chi connectivity index (χ2n) is 29.1. The second kappa shape index (κ2) is 25.7. The van der Waals surface area contributed by atoms with Crippen LogP contribution in [0.2, 0.25) is 0 Å². The summed E-state index contributed by atoms with van der Waals surface area (Å²) in [5, 5.41) is 183. The molecule has 5 aliphatic heterocycles. The number of esters is 1. The predicted molar refractivity (Wildman–Crippen MR) is 295 cm³/mol. The minimum atomic E-state index is -2.06. The van der Waals surface area contributed by atoms with E-state index in [-0.39, 0.29) is 34.0 Å². The van der Waals surface area contributed by atoms with Crippen LogP contribution < -0.4 is 0 Å². The van der Waals surface area contributed by atoms with Crippen molar-refractivity contribution in [2.45, 2.75) is 272 Å². The highest BCUT2D eigenvalue weighted by Crippen LogP contribution is 2.76. The molecule has 506 valence electrons. The molecule has 5 saturated heterocycles. The highest BCUT2D eigenvalue weighted by Gasteiger charge is 2.71. The molecule has 28 heteroatoms. The van der Waals surface area contributed by atoms with Gasteiger partial charge in [-0.25, -0.2) is 0 Å². The molecule has 10 rings (SSSR count). The van der Waals surface area contributed by atoms with Crippen LogP contribution in [0.5, 0.6) is 0 Å². The van der Waals surface area contributed by atoms with E-state index in [0.29, 0.717) is 44.9 Å². The van der Waals surface area contributed by atoms with Gasteiger partial charge in [-0.05, 0) is 109 Å². The van der Waals surface area contributed by atoms with Crippen LogP contribution in [0.1, 0.15) is 113 Å². The van der Waals surface area contributed by atoms with E-state index in [1.54, 1.807) is 0 Å². The third kappa shape index (κ3) is 11.5. The van der Waals surface area contributed by atoms with Gasteiger partial charge < -0.3 is 134 Å². The third-order valence-corrected chi connectivity index (χ3v) is 23.5. The summed E-state index contributed by atoms with van der Waals surface area (Å²) < 4.78 is 61.5. The molecule has 4 saturated carbocycles. The fraction of sp³-hybridized carbons (Fsp3) is 0.950. The van der Waals surface area contributed by atoms with Crippen molar-refractivity contribution in [2.24, 2.45) is 50.2 Å². The molecular formula is C60H98O28. The van der Waals surface area contributed by atoms with Crippen molar-refractivity contribution >= 4 is 5.97 Å². The summed E-state index contributed by atoms with van der Waals surface area (Å²) in [4.78, 5) is 14.9. The lowest BCUT2D eigenvalue weighted by molar-refractivity contribution is -0.411. The minimum Gasteiger partial charge on any atom is -0.432 e. The van der Waals surface area contributed by atoms with Gasteiger partial charge in [-0.1, -0.05) is 60.1 Å². The Balaban J connectivity index is 0.953. The van der Waals surface area contributed by atoms with Gasteiger partial charge in [0, 0.05) is 0 Å². The molecule has 88 heavy (non-hydrogen) atoms. The predicted octanol–water partition coefficient (Wildman–Crippen LogP) is -4.21. The van der Waals surface area contributed by atoms with Crippen LogP contribution in [0.15, 0.2) is 11.6 Å². The first-order chi connectivity index (χ1) is 41.3. The summed E-state index contributed by atoms with van der Waals surface area (Å²) in [7, 11) is 0. The van der Waals surface area contributed by atoms with Crippen LogP contribution in [0.25, 0.3) is 0 Å². The number of hydrogen-bond donors (Lipinski definition) is 17. The lowest BCUT2D eigenvalue weighted by Crippen LogP contribution is -2.69. The lowest BCUT2D eigenvalue weighted by atomic mass is 9.33. The molecule has 5 heterocycles. The molecule has 5 aliphatic carbocycles. The molecule has 0 aromatic rings. The maximum absolute atomic E-state index is 14.9. The molecule has 0 aromatic heterocycles. The number of carbonyl (C=O) groups is 1. The van der Waals surface area contributed by atoms with Crippen molar-refractivity contribution in [3.63, 3.8) is 0 Å². The molecular weight excluding hydrogens is 1170 g/mol. The van der Waals surface area contributed by atoms with Crippen molar-refractivity contribution in [1.82, 2.24) is 0 Å². The van der Waals surface area contributed by atoms with Crippen LogP contribution in [0.4, 0.5) is 0 Å². The molecule has 17 N–H and O–H groups in total. The Morgan fingerprint density at radius 3 is 1.43 bits per heavy atom. The molecule has 28 nitrogen and oxygen atoms in total. The summed E-state index contributed by atoms with van der Waals surface area (Å²) in [6.07, 6.45) is -36.9. The lowest BCUT2D eigenvalue weighted by Gasteiger charge is -2.71. The largest absolute Gasteiger partial charge is 0.432 e. The summed E-state index contributed by atoms with van der Waals surface area (Å²) in [6.45, 7) is 11.4. The van der Waals surface area contributed by atoms with E-state index >= 15 is 0 Å². The van der Waals surface area contributed by atoms with Crippen molar-refractivity contribution < 1.29 is 139 Å². The fourth-order valence-corrected chi connectivity index (χ4v) is 18.0. The zero-order valence-corrected chi connectivity index (χ0v) is 51.0. The van der Waals surface area contributed by atoms with Crippen LogP contribution in [-0.2, 0) is 52.2 Å². The first-order valence-corrected chi connectivity index (χ1v) is 31.3. The Morgan fingerprint density at radius 2 is 0.898 bits per heavy atom. The number of allylic oxidation sites excluding steroid dienone is 2. The first-order valence-electron chi connectivity index (χ1n) is 31.3. The highest BCUT2D eigenvalue weighted by molar-refractivity contribution is 5.79. The van der Waals surface area contributed by atoms with E-state index in [1.807, 2.05) is 0 Å². The van der Waals surface area contributed by atoms with E-state index < -0.39 is 215 Å². The topological polar surface area (TPSA) is 453 Å². The van der Waals surface area contributed by atoms with Crippen LogP contribution in [0.3, 0.4) is 0 Å². The standard InChI is InChI=1S/C60H98O28/c1-55(2)14-16-60(54(78)88-51-45(77)41(73)36(68)28(21-63)81-51)17-15-58(6)24(25(60)18-55)8-9-32-57(5)12-11-33(56(3,4)31(57)10-13-59(32,58)7)84-53-48(46(38(70)30(23-65)83-53)85-49-43(75)39(71)34(66)26(19-61)79-49)87-52-47(42(74)37(69)29(22-64)82-52)86-50-44(76)40(72)35(67)27(20-62)80-50/h8,25-53,61-77H,9-23H2,1-7H3/t25-,26+,27+,28-,29+,30+,31-,32+,33-,34-,35+,36-,37+,38+,39-,40-,41+,42-,43+,44+,45-,46-,47+,48+,49-,50-,51+,52-,53-,57-,58+,59+,60-/m0/s1. The van der Waals surface area contributed by atoms with Gasteiger partial charge in [0.2, 0.25) is 6.29 Å². The number of aliphatic hydroxyl groups excluding tert-OH is 17. The summed E-state index contributed by atoms with van der Waals surface area (Å²) >= 11 is 0. The summed E-state index contributed by atoms with van der Waals surface area (Å²) in [5.41, 5.74) is -1.69. The Kier molecular flexibility index (Phi) is 20.2. The number of carbonyl (C=O) groups excluding carboxylic acids is 1. The Morgan fingerprint density at radius 1 is 0.455 bits per heavy atom. The van der Waals surface area contributed by atoms with E-state index in [2.05, 4.69) is 54.5 Å². The van der Waals surface area contributed by atoms with Gasteiger partial charge in [-0.15, -0.1) is 0 Å². The summed E-state index contributed by atoms with van der Waals surface area (Å²) in [5.74, 6) is -0.727. The molecule has 0 unspecified atom stereocenters. The molecule has 0 bridgehead atoms. The maximum atomic E-state index is 14.9. The average molecular weight is 1270 g/mol. The van der Waals surface area contributed by atoms with E-state index in [9.17, 15) is 91.6 Å². The molecule has 0 aromatic carbocycles. The van der Waals surface area contributed by atoms with Crippen LogP contribution in [0, 0.1) is 50.2 Å². The normalized spacial score (nSPS) is 53.5. The van der Waals surface area contributed by atoms with Crippen molar-refractivity contribution in [3.8, 4) is 0 Å². The van der Waals surface area contributed by atoms with Gasteiger partial charge in [0.25, 0.3) is 0 Å². The molecule has 9 fully saturated rings. The second-order valence-corrected chi connectivity index (χ2v) is 29.1. The van der Waals surface area contributed by atoms with Crippen molar-refractivity contribution in [1.29, 1.82) is 0 Å². The van der Waals surface area contributed by atoms with E-state index in [1.165, 1.54) is 5.57 Å². The van der Waals surface area contributed by atoms with Gasteiger partial charge in [-0.3, -0.25) is 4.79 Å². The van der Waals surface area contributed by atoms with Gasteiger partial charge in [0.05, 0.1) is 44.6 Å². The zero-order valence-electron chi connectivity index (χ0n) is 51.0. The number of aliphatic hydroxyl groups is 17. The minimum absolute atomic E-state index is 0.0384. The first kappa shape index (κ1) is 69.0. The number of rotatable bonds is 15. The van der Waals surface area contributed by atoms with Crippen LogP contribution in [-0.4, -0.2) is 285 Å². The molecule has 33 atom stereocenters. The Bertz CT molecular complexity index is 2430. The number of hydrogen-bond acceptors (Lipinski definition) is 28. The molecule has 0 amide bonds. The quantitative estimate of drug-likeness (QED) is 0.0420. The fourth-order valence-electron chi connectivity index (χ4n) is 18.0. The average Bonchev–Trinajstić information content (AvgIpc) is 0.719. The Labute approximate surface area is 510 Å². The van der Waals surface area contributed by atoms with E-state index in [4.69, 9.17) is 47.4 Å². The third-order valence-electron chi connectivity index (χ3n) is 23.5. The number of ether oxygens (including phenoxy) is 10. The number of fused-ring (bicyclic) bond motifs is 7. The molecule has 0 spiro atoms. The highest BCUT2D eigenvalue weighted by atomic mass is 16.8. The van der Waals surface area contributed by atoms with E-state index in [0.717, 1.165) is 19.3 Å². The van der Waals surface area contributed by atoms with Gasteiger partial charge in [-0.2, -0.15) is 0 Å². The Hall–Kier alpha value is -1.83. The SMILES string of the molecule is CC1(C)CC[C@]2(C(=O)O[C@H]3O[C@@H](CO)[C@H](O)[C@@H](O)[C@@H]3O)CC[C@]3(C)C(=CC[C@@H]4[C@@]5(C)CC[C@H](O[C@@H]6O[C@H](CO)[C@@H](O)[C@H](O[C@@H]7O[C@H](CO)[C@H](O)[C@H](O)[C@H]7O)[C@H]6O[C@@H]6O[C@H](CO)[C@@H](O)[C@H](O)[C@H]6O[C@@H]6O[C@H](CO)[C@@H](O)[C@H](O)[C@H]6O)C(C)(C)[C@@H]5CC[C@]43C)[C@@H]2C1. The van der Waals surface area contributed by atoms with Gasteiger partial charge >= 0.3 is 5.97 Å². The van der Waals surface area contributed by atoms with Gasteiger partial charge in [0.1, 0.15) is 122 Å². The smallest absolute Gasteiger partial charge is 0.315 e. The monoisotopic (exact) mass is 1270 g/mol. The van der Waals surface area contributed by atoms with Crippen molar-refractivity contribution in [2.75, 3.05) is 33.0 Å². The maximum Gasteiger partial charge on any atom is 0.315 e. The summed E-state index contributed by atoms with van der Waals surface area (Å²) in [6, 6.07) is 0. The molecule has 10 aliphatic rings. The van der Waals surface area contributed by atoms with Crippen LogP contribution >= 0.6 is 0 Å². The van der Waals surface area contributed by atoms with Gasteiger partial charge in [0.15, 0.2) is 25.2 Å².